The number of aliphatic hydroxyl groups excluding tert-OH is 3. The summed E-state index contributed by atoms with van der Waals surface area (Å²) in [6.45, 7) is 2.99. The molecule has 3 nitrogen and oxygen atoms in total. The van der Waals surface area contributed by atoms with Gasteiger partial charge in [0.15, 0.2) is 0 Å². The van der Waals surface area contributed by atoms with Gasteiger partial charge in [-0.3, -0.25) is 0 Å². The Labute approximate surface area is 54.3 Å². The molecule has 0 aromatic carbocycles. The van der Waals surface area contributed by atoms with Crippen LogP contribution < -0.4 is 0 Å². The Hall–Kier alpha value is -0.380. The van der Waals surface area contributed by atoms with E-state index in [9.17, 15) is 0 Å². The minimum absolute atomic E-state index is 0.153. The molecule has 0 aliphatic heterocycles. The summed E-state index contributed by atoms with van der Waals surface area (Å²) in [6, 6.07) is 0. The summed E-state index contributed by atoms with van der Waals surface area (Å²) in [5.74, 6) is 0. The van der Waals surface area contributed by atoms with Gasteiger partial charge >= 0.3 is 0 Å². The van der Waals surface area contributed by atoms with Gasteiger partial charge in [0, 0.05) is 6.42 Å². The molecule has 0 bridgehead atoms. The van der Waals surface area contributed by atoms with Crippen LogP contribution >= 0.6 is 0 Å². The third kappa shape index (κ3) is 4.14. The molecular weight excluding hydrogens is 120 g/mol. The second kappa shape index (κ2) is 4.49. The van der Waals surface area contributed by atoms with Crippen molar-refractivity contribution >= 4 is 0 Å². The smallest absolute Gasteiger partial charge is 0.0798 e. The summed E-state index contributed by atoms with van der Waals surface area (Å²) in [5.41, 5.74) is 0. The van der Waals surface area contributed by atoms with E-state index in [1.54, 1.807) is 0 Å². The summed E-state index contributed by atoms with van der Waals surface area (Å²) < 4.78 is 0. The second-order valence-corrected chi connectivity index (χ2v) is 1.88. The molecule has 0 saturated carbocycles. The fourth-order valence-corrected chi connectivity index (χ4v) is 0.450. The van der Waals surface area contributed by atoms with Crippen LogP contribution in [0.1, 0.15) is 6.42 Å². The zero-order valence-electron chi connectivity index (χ0n) is 5.20. The van der Waals surface area contributed by atoms with E-state index in [1.807, 2.05) is 0 Å². The van der Waals surface area contributed by atoms with E-state index in [2.05, 4.69) is 6.58 Å². The molecule has 0 saturated heterocycles. The summed E-state index contributed by atoms with van der Waals surface area (Å²) in [7, 11) is 0. The summed E-state index contributed by atoms with van der Waals surface area (Å²) in [5, 5.41) is 25.8. The molecule has 0 radical (unpaired) electrons. The van der Waals surface area contributed by atoms with Crippen LogP contribution in [0.4, 0.5) is 0 Å². The Bertz CT molecular complexity index is 82.4. The molecule has 0 amide bonds. The lowest BCUT2D eigenvalue weighted by atomic mass is 10.2. The van der Waals surface area contributed by atoms with Crippen molar-refractivity contribution in [3.63, 3.8) is 0 Å². The lowest BCUT2D eigenvalue weighted by Gasteiger charge is -2.08. The molecule has 54 valence electrons. The van der Waals surface area contributed by atoms with E-state index in [0.29, 0.717) is 0 Å². The van der Waals surface area contributed by atoms with Crippen LogP contribution in [0, 0.1) is 0 Å². The summed E-state index contributed by atoms with van der Waals surface area (Å²) >= 11 is 0. The number of aliphatic hydroxyl groups is 3. The fourth-order valence-electron chi connectivity index (χ4n) is 0.450. The minimum atomic E-state index is -0.835. The van der Waals surface area contributed by atoms with Crippen molar-refractivity contribution in [3.8, 4) is 0 Å². The van der Waals surface area contributed by atoms with Crippen molar-refractivity contribution in [1.29, 1.82) is 0 Å². The van der Waals surface area contributed by atoms with Gasteiger partial charge < -0.3 is 15.3 Å². The standard InChI is InChI=1S/C6H12O3/c1-2-5(8)3-6(9)4-7/h2,5-9H,1,3-4H2/t5-,6+/m1/s1. The van der Waals surface area contributed by atoms with Crippen molar-refractivity contribution < 1.29 is 15.3 Å². The lowest BCUT2D eigenvalue weighted by molar-refractivity contribution is 0.0558. The molecule has 0 spiro atoms. The molecule has 2 atom stereocenters. The average Bonchev–Trinajstić information content (AvgIpc) is 1.87. The van der Waals surface area contributed by atoms with Crippen LogP contribution in [0.2, 0.25) is 0 Å². The highest BCUT2D eigenvalue weighted by Gasteiger charge is 2.06. The van der Waals surface area contributed by atoms with Gasteiger partial charge in [-0.1, -0.05) is 6.08 Å². The first-order chi connectivity index (χ1) is 4.20. The van der Waals surface area contributed by atoms with Gasteiger partial charge in [-0.15, -0.1) is 6.58 Å². The van der Waals surface area contributed by atoms with Crippen LogP contribution in [0.3, 0.4) is 0 Å². The SMILES string of the molecule is C=C[C@@H](O)C[C@H](O)CO. The summed E-state index contributed by atoms with van der Waals surface area (Å²) in [4.78, 5) is 0. The van der Waals surface area contributed by atoms with Gasteiger partial charge in [0.2, 0.25) is 0 Å². The molecule has 0 aliphatic rings. The zero-order chi connectivity index (χ0) is 7.28. The fraction of sp³-hybridized carbons (Fsp3) is 0.667. The zero-order valence-corrected chi connectivity index (χ0v) is 5.20. The van der Waals surface area contributed by atoms with E-state index in [4.69, 9.17) is 15.3 Å². The second-order valence-electron chi connectivity index (χ2n) is 1.88. The Kier molecular flexibility index (Phi) is 4.30. The van der Waals surface area contributed by atoms with Gasteiger partial charge in [0.05, 0.1) is 18.8 Å². The van der Waals surface area contributed by atoms with Crippen LogP contribution in [0.25, 0.3) is 0 Å². The maximum atomic E-state index is 8.77. The first-order valence-electron chi connectivity index (χ1n) is 2.80. The molecule has 3 heteroatoms. The predicted molar refractivity (Wildman–Crippen MR) is 33.9 cm³/mol. The summed E-state index contributed by atoms with van der Waals surface area (Å²) in [6.07, 6.45) is -0.0797. The van der Waals surface area contributed by atoms with Gasteiger partial charge in [0.1, 0.15) is 0 Å². The molecule has 9 heavy (non-hydrogen) atoms. The van der Waals surface area contributed by atoms with Gasteiger partial charge in [-0.25, -0.2) is 0 Å². The normalized spacial score (nSPS) is 16.8. The predicted octanol–water partition coefficient (Wildman–Crippen LogP) is -0.723. The van der Waals surface area contributed by atoms with Crippen molar-refractivity contribution in [1.82, 2.24) is 0 Å². The van der Waals surface area contributed by atoms with Crippen molar-refractivity contribution in [2.45, 2.75) is 18.6 Å². The van der Waals surface area contributed by atoms with Crippen molar-refractivity contribution in [2.24, 2.45) is 0 Å². The molecule has 0 aromatic heterocycles. The third-order valence-corrected chi connectivity index (χ3v) is 0.996. The highest BCUT2D eigenvalue weighted by Crippen LogP contribution is 1.96. The maximum absolute atomic E-state index is 8.77. The molecular formula is C6H12O3. The monoisotopic (exact) mass is 132 g/mol. The average molecular weight is 132 g/mol. The van der Waals surface area contributed by atoms with Gasteiger partial charge in [-0.05, 0) is 0 Å². The Balaban J connectivity index is 3.33. The Morgan fingerprint density at radius 1 is 1.44 bits per heavy atom. The topological polar surface area (TPSA) is 60.7 Å². The molecule has 0 rings (SSSR count). The molecule has 0 heterocycles. The highest BCUT2D eigenvalue weighted by atomic mass is 16.3. The molecule has 0 aliphatic carbocycles. The Morgan fingerprint density at radius 3 is 2.33 bits per heavy atom. The van der Waals surface area contributed by atoms with Gasteiger partial charge in [0.25, 0.3) is 0 Å². The van der Waals surface area contributed by atoms with Crippen LogP contribution in [-0.2, 0) is 0 Å². The van der Waals surface area contributed by atoms with Crippen molar-refractivity contribution in [2.75, 3.05) is 6.61 Å². The van der Waals surface area contributed by atoms with E-state index in [0.717, 1.165) is 0 Å². The van der Waals surface area contributed by atoms with E-state index in [-0.39, 0.29) is 13.0 Å². The number of rotatable bonds is 4. The molecule has 0 aromatic rings. The van der Waals surface area contributed by atoms with E-state index >= 15 is 0 Å². The molecule has 3 N–H and O–H groups in total. The number of hydrogen-bond acceptors (Lipinski definition) is 3. The first-order valence-corrected chi connectivity index (χ1v) is 2.80. The largest absolute Gasteiger partial charge is 0.394 e. The maximum Gasteiger partial charge on any atom is 0.0798 e. The molecule has 0 fully saturated rings. The van der Waals surface area contributed by atoms with Crippen LogP contribution in [0.15, 0.2) is 12.7 Å². The number of hydrogen-bond donors (Lipinski definition) is 3. The minimum Gasteiger partial charge on any atom is -0.394 e. The van der Waals surface area contributed by atoms with Crippen molar-refractivity contribution in [3.05, 3.63) is 12.7 Å². The van der Waals surface area contributed by atoms with Crippen LogP contribution in [-0.4, -0.2) is 34.1 Å². The van der Waals surface area contributed by atoms with E-state index in [1.165, 1.54) is 6.08 Å². The highest BCUT2D eigenvalue weighted by molar-refractivity contribution is 4.79. The Morgan fingerprint density at radius 2 is 2.00 bits per heavy atom. The molecule has 0 unspecified atom stereocenters. The first kappa shape index (κ1) is 8.62. The quantitative estimate of drug-likeness (QED) is 0.442. The lowest BCUT2D eigenvalue weighted by Crippen LogP contribution is -2.18. The third-order valence-electron chi connectivity index (χ3n) is 0.996. The van der Waals surface area contributed by atoms with E-state index < -0.39 is 12.2 Å². The van der Waals surface area contributed by atoms with Crippen LogP contribution in [0.5, 0.6) is 0 Å². The van der Waals surface area contributed by atoms with Gasteiger partial charge in [-0.2, -0.15) is 0 Å².